The molecular weight excluding hydrogens is 472 g/mol. The van der Waals surface area contributed by atoms with Gasteiger partial charge in [-0.1, -0.05) is 127 Å². The molecule has 39 heavy (non-hydrogen) atoms. The number of fused-ring (bicyclic) bond motifs is 5. The summed E-state index contributed by atoms with van der Waals surface area (Å²) in [6.45, 7) is 0. The van der Waals surface area contributed by atoms with Crippen molar-refractivity contribution in [1.29, 1.82) is 0 Å². The molecule has 0 aliphatic rings. The minimum atomic E-state index is -0.399. The van der Waals surface area contributed by atoms with Gasteiger partial charge in [-0.05, 0) is 73.1 Å². The van der Waals surface area contributed by atoms with Gasteiger partial charge in [0.25, 0.3) is 0 Å². The fourth-order valence-corrected chi connectivity index (χ4v) is 5.92. The first kappa shape index (κ1) is 17.4. The van der Waals surface area contributed by atoms with Crippen molar-refractivity contribution in [3.05, 3.63) is 145 Å². The van der Waals surface area contributed by atoms with Gasteiger partial charge < -0.3 is 4.42 Å². The van der Waals surface area contributed by atoms with Gasteiger partial charge in [-0.15, -0.1) is 0 Å². The van der Waals surface area contributed by atoms with Crippen LogP contribution in [0.1, 0.15) is 6.85 Å². The number of hydrogen-bond donors (Lipinski definition) is 0. The minimum Gasteiger partial charge on any atom is -0.456 e. The summed E-state index contributed by atoms with van der Waals surface area (Å²) < 4.78 is 48.9. The summed E-state index contributed by atoms with van der Waals surface area (Å²) in [4.78, 5) is 0. The summed E-state index contributed by atoms with van der Waals surface area (Å²) in [7, 11) is 0. The van der Waals surface area contributed by atoms with Crippen LogP contribution in [0.5, 0.6) is 0 Å². The highest BCUT2D eigenvalue weighted by Crippen LogP contribution is 2.45. The molecule has 0 aliphatic heterocycles. The Bertz CT molecular complexity index is 2360. The van der Waals surface area contributed by atoms with Gasteiger partial charge in [-0.3, -0.25) is 0 Å². The predicted octanol–water partition coefficient (Wildman–Crippen LogP) is 10.9. The molecule has 8 rings (SSSR count). The summed E-state index contributed by atoms with van der Waals surface area (Å²) in [5, 5.41) is 5.59. The standard InChI is InChI=1S/C38H24O/c1-3-12-25(13-4-1)28-20-11-21-34-38(28)33-23-22-27(24-35(33)39-34)37-31-18-9-7-16-29(31)36(26-14-5-2-6-15-26)30-17-8-10-19-32(30)37/h1-24H/i2D,5D,6D,14D,15D. The van der Waals surface area contributed by atoms with Crippen molar-refractivity contribution in [2.24, 2.45) is 0 Å². The van der Waals surface area contributed by atoms with Gasteiger partial charge in [0.1, 0.15) is 11.2 Å². The van der Waals surface area contributed by atoms with Crippen LogP contribution in [-0.4, -0.2) is 0 Å². The highest BCUT2D eigenvalue weighted by atomic mass is 16.3. The molecule has 0 saturated heterocycles. The predicted molar refractivity (Wildman–Crippen MR) is 165 cm³/mol. The van der Waals surface area contributed by atoms with E-state index in [0.29, 0.717) is 5.56 Å². The van der Waals surface area contributed by atoms with Crippen LogP contribution in [0.4, 0.5) is 0 Å². The molecule has 1 heterocycles. The van der Waals surface area contributed by atoms with E-state index in [1.54, 1.807) is 0 Å². The van der Waals surface area contributed by atoms with Crippen molar-refractivity contribution in [1.82, 2.24) is 0 Å². The van der Waals surface area contributed by atoms with Gasteiger partial charge in [-0.2, -0.15) is 0 Å². The van der Waals surface area contributed by atoms with Gasteiger partial charge in [0, 0.05) is 10.8 Å². The van der Waals surface area contributed by atoms with E-state index in [2.05, 4.69) is 36.4 Å². The summed E-state index contributed by atoms with van der Waals surface area (Å²) in [6, 6.07) is 37.1. The highest BCUT2D eigenvalue weighted by Gasteiger charge is 2.18. The van der Waals surface area contributed by atoms with Crippen molar-refractivity contribution < 1.29 is 11.3 Å². The summed E-state index contributed by atoms with van der Waals surface area (Å²) in [5.74, 6) is 0. The Balaban J connectivity index is 1.44. The summed E-state index contributed by atoms with van der Waals surface area (Å²) in [5.41, 5.74) is 6.66. The molecule has 0 atom stereocenters. The van der Waals surface area contributed by atoms with E-state index in [1.807, 2.05) is 78.9 Å². The molecule has 1 aromatic heterocycles. The first-order valence-corrected chi connectivity index (χ1v) is 13.0. The first-order chi connectivity index (χ1) is 21.4. The Morgan fingerprint density at radius 2 is 1.05 bits per heavy atom. The number of rotatable bonds is 3. The zero-order chi connectivity index (χ0) is 30.1. The second-order valence-corrected chi connectivity index (χ2v) is 9.70. The quantitative estimate of drug-likeness (QED) is 0.219. The molecule has 1 heteroatoms. The summed E-state index contributed by atoms with van der Waals surface area (Å²) >= 11 is 0. The van der Waals surface area contributed by atoms with Gasteiger partial charge in [0.15, 0.2) is 0 Å². The van der Waals surface area contributed by atoms with Gasteiger partial charge in [-0.25, -0.2) is 0 Å². The van der Waals surface area contributed by atoms with Crippen molar-refractivity contribution in [2.75, 3.05) is 0 Å². The maximum absolute atomic E-state index is 8.78. The van der Waals surface area contributed by atoms with Crippen molar-refractivity contribution in [3.63, 3.8) is 0 Å². The molecule has 0 bridgehead atoms. The lowest BCUT2D eigenvalue weighted by Crippen LogP contribution is -1.90. The molecule has 182 valence electrons. The number of furan rings is 1. The molecule has 0 saturated carbocycles. The summed E-state index contributed by atoms with van der Waals surface area (Å²) in [6.07, 6.45) is 0. The Kier molecular flexibility index (Phi) is 3.89. The van der Waals surface area contributed by atoms with Crippen LogP contribution >= 0.6 is 0 Å². The van der Waals surface area contributed by atoms with Gasteiger partial charge >= 0.3 is 0 Å². The lowest BCUT2D eigenvalue weighted by atomic mass is 9.86. The topological polar surface area (TPSA) is 13.1 Å². The number of benzene rings is 7. The first-order valence-electron chi connectivity index (χ1n) is 15.5. The Morgan fingerprint density at radius 1 is 0.436 bits per heavy atom. The van der Waals surface area contributed by atoms with Crippen molar-refractivity contribution >= 4 is 43.5 Å². The van der Waals surface area contributed by atoms with E-state index in [-0.39, 0.29) is 29.7 Å². The van der Waals surface area contributed by atoms with Crippen LogP contribution in [-0.2, 0) is 0 Å². The number of hydrogen-bond acceptors (Lipinski definition) is 1. The van der Waals surface area contributed by atoms with Crippen LogP contribution in [0.3, 0.4) is 0 Å². The Morgan fingerprint density at radius 3 is 1.72 bits per heavy atom. The van der Waals surface area contributed by atoms with Crippen molar-refractivity contribution in [3.8, 4) is 33.4 Å². The molecule has 0 fully saturated rings. The zero-order valence-electron chi connectivity index (χ0n) is 25.9. The van der Waals surface area contributed by atoms with Crippen LogP contribution < -0.4 is 0 Å². The second kappa shape index (κ2) is 8.72. The van der Waals surface area contributed by atoms with Crippen LogP contribution in [0, 0.1) is 0 Å². The van der Waals surface area contributed by atoms with Crippen LogP contribution in [0.15, 0.2) is 150 Å². The fraction of sp³-hybridized carbons (Fsp3) is 0. The van der Waals surface area contributed by atoms with E-state index in [1.165, 1.54) is 0 Å². The molecule has 0 spiro atoms. The van der Waals surface area contributed by atoms with E-state index >= 15 is 0 Å². The lowest BCUT2D eigenvalue weighted by Gasteiger charge is -2.17. The largest absolute Gasteiger partial charge is 0.456 e. The van der Waals surface area contributed by atoms with Crippen molar-refractivity contribution in [2.45, 2.75) is 0 Å². The van der Waals surface area contributed by atoms with E-state index in [4.69, 9.17) is 11.3 Å². The van der Waals surface area contributed by atoms with Gasteiger partial charge in [0.2, 0.25) is 0 Å². The van der Waals surface area contributed by atoms with E-state index in [0.717, 1.165) is 65.7 Å². The second-order valence-electron chi connectivity index (χ2n) is 9.70. The molecule has 8 aromatic rings. The molecule has 0 amide bonds. The normalized spacial score (nSPS) is 13.4. The lowest BCUT2D eigenvalue weighted by molar-refractivity contribution is 0.669. The van der Waals surface area contributed by atoms with Gasteiger partial charge in [0.05, 0.1) is 6.85 Å². The smallest absolute Gasteiger partial charge is 0.136 e. The molecule has 0 unspecified atom stereocenters. The third kappa shape index (κ3) is 3.41. The average molecular weight is 502 g/mol. The maximum atomic E-state index is 8.78. The monoisotopic (exact) mass is 501 g/mol. The Labute approximate surface area is 233 Å². The molecular formula is C38H24O. The van der Waals surface area contributed by atoms with E-state index < -0.39 is 6.04 Å². The highest BCUT2D eigenvalue weighted by molar-refractivity contribution is 6.22. The average Bonchev–Trinajstić information content (AvgIpc) is 3.44. The molecule has 7 aromatic carbocycles. The third-order valence-corrected chi connectivity index (χ3v) is 7.55. The Hall–Kier alpha value is -5.14. The van der Waals surface area contributed by atoms with Crippen LogP contribution in [0.2, 0.25) is 0 Å². The maximum Gasteiger partial charge on any atom is 0.136 e. The fourth-order valence-electron chi connectivity index (χ4n) is 5.92. The SMILES string of the molecule is [2H]c1c([2H])c([2H])c(-c2c3ccccc3c(-c3ccc4c(c3)oc3cccc(-c5ccccc5)c34)c3ccccc23)c([2H])c1[2H]. The molecule has 1 nitrogen and oxygen atoms in total. The molecule has 0 radical (unpaired) electrons. The zero-order valence-corrected chi connectivity index (χ0v) is 20.9. The molecule has 0 aliphatic carbocycles. The van der Waals surface area contributed by atoms with E-state index in [9.17, 15) is 0 Å². The molecule has 0 N–H and O–H groups in total. The third-order valence-electron chi connectivity index (χ3n) is 7.55. The van der Waals surface area contributed by atoms with Crippen LogP contribution in [0.25, 0.3) is 76.9 Å². The minimum absolute atomic E-state index is 0.205.